The molecule has 0 aromatic carbocycles. The Kier molecular flexibility index (Phi) is 6.05. The topological polar surface area (TPSA) is 32.3 Å². The number of hydrogen-bond acceptors (Lipinski definition) is 3. The van der Waals surface area contributed by atoms with Crippen molar-refractivity contribution >= 4 is 17.2 Å². The Morgan fingerprint density at radius 1 is 1.35 bits per heavy atom. The molecule has 2 heterocycles. The van der Waals surface area contributed by atoms with E-state index in [0.717, 1.165) is 32.5 Å². The Balaban J connectivity index is 1.96. The minimum Gasteiger partial charge on any atom is -0.354 e. The van der Waals surface area contributed by atoms with Crippen molar-refractivity contribution in [1.82, 2.24) is 10.2 Å². The first kappa shape index (κ1) is 15.5. The molecular weight excluding hydrogens is 268 g/mol. The lowest BCUT2D eigenvalue weighted by Crippen LogP contribution is -2.38. The van der Waals surface area contributed by atoms with Crippen LogP contribution in [-0.2, 0) is 4.79 Å². The van der Waals surface area contributed by atoms with Crippen molar-refractivity contribution < 1.29 is 4.79 Å². The number of thiophene rings is 1. The van der Waals surface area contributed by atoms with E-state index in [1.165, 1.54) is 17.7 Å². The smallest absolute Gasteiger partial charge is 0.223 e. The van der Waals surface area contributed by atoms with Gasteiger partial charge in [0, 0.05) is 17.3 Å². The van der Waals surface area contributed by atoms with Crippen LogP contribution in [-0.4, -0.2) is 30.4 Å². The van der Waals surface area contributed by atoms with Crippen LogP contribution in [0.2, 0.25) is 0 Å². The summed E-state index contributed by atoms with van der Waals surface area (Å²) in [5.74, 6) is 0.383. The average molecular weight is 294 g/mol. The van der Waals surface area contributed by atoms with Gasteiger partial charge in [0.1, 0.15) is 0 Å². The largest absolute Gasteiger partial charge is 0.354 e. The normalized spacial score (nSPS) is 17.6. The summed E-state index contributed by atoms with van der Waals surface area (Å²) in [5.41, 5.74) is 0. The van der Waals surface area contributed by atoms with Crippen molar-refractivity contribution in [2.24, 2.45) is 5.92 Å². The van der Waals surface area contributed by atoms with Gasteiger partial charge >= 0.3 is 0 Å². The first-order valence-corrected chi connectivity index (χ1v) is 8.69. The van der Waals surface area contributed by atoms with Crippen LogP contribution in [0.25, 0.3) is 0 Å². The molecule has 1 aliphatic heterocycles. The van der Waals surface area contributed by atoms with E-state index in [0.29, 0.717) is 6.04 Å². The van der Waals surface area contributed by atoms with E-state index in [-0.39, 0.29) is 11.8 Å². The van der Waals surface area contributed by atoms with Crippen molar-refractivity contribution in [3.8, 4) is 0 Å². The summed E-state index contributed by atoms with van der Waals surface area (Å²) in [6.45, 7) is 7.23. The van der Waals surface area contributed by atoms with Crippen LogP contribution in [0.3, 0.4) is 0 Å². The highest BCUT2D eigenvalue weighted by molar-refractivity contribution is 7.10. The van der Waals surface area contributed by atoms with Crippen molar-refractivity contribution in [1.29, 1.82) is 0 Å². The van der Waals surface area contributed by atoms with Crippen LogP contribution in [0.1, 0.15) is 50.4 Å². The van der Waals surface area contributed by atoms with Crippen LogP contribution < -0.4 is 5.32 Å². The summed E-state index contributed by atoms with van der Waals surface area (Å²) in [7, 11) is 0. The number of carbonyl (C=O) groups excluding carboxylic acids is 1. The Bertz CT molecular complexity index is 395. The zero-order valence-electron chi connectivity index (χ0n) is 12.6. The van der Waals surface area contributed by atoms with Crippen molar-refractivity contribution in [2.75, 3.05) is 19.6 Å². The third-order valence-corrected chi connectivity index (χ3v) is 5.25. The minimum atomic E-state index is 0.164. The molecular formula is C16H26N2OS. The molecule has 4 heteroatoms. The Morgan fingerprint density at radius 2 is 2.05 bits per heavy atom. The fraction of sp³-hybridized carbons (Fsp3) is 0.688. The predicted molar refractivity (Wildman–Crippen MR) is 84.9 cm³/mol. The molecule has 20 heavy (non-hydrogen) atoms. The Morgan fingerprint density at radius 3 is 2.60 bits per heavy atom. The molecule has 1 fully saturated rings. The maximum atomic E-state index is 12.2. The number of carbonyl (C=O) groups is 1. The molecule has 112 valence electrons. The monoisotopic (exact) mass is 294 g/mol. The van der Waals surface area contributed by atoms with Gasteiger partial charge in [-0.15, -0.1) is 11.3 Å². The highest BCUT2D eigenvalue weighted by Crippen LogP contribution is 2.27. The summed E-state index contributed by atoms with van der Waals surface area (Å²) in [4.78, 5) is 16.1. The molecule has 1 aliphatic rings. The molecule has 2 rings (SSSR count). The summed E-state index contributed by atoms with van der Waals surface area (Å²) < 4.78 is 0. The zero-order valence-corrected chi connectivity index (χ0v) is 13.4. The van der Waals surface area contributed by atoms with E-state index in [1.807, 2.05) is 0 Å². The molecule has 1 aromatic rings. The van der Waals surface area contributed by atoms with Gasteiger partial charge in [0.05, 0.1) is 6.04 Å². The van der Waals surface area contributed by atoms with E-state index >= 15 is 0 Å². The van der Waals surface area contributed by atoms with Crippen LogP contribution >= 0.6 is 11.3 Å². The van der Waals surface area contributed by atoms with Crippen molar-refractivity contribution in [3.63, 3.8) is 0 Å². The second kappa shape index (κ2) is 7.79. The molecule has 0 bridgehead atoms. The van der Waals surface area contributed by atoms with Gasteiger partial charge in [-0.05, 0) is 50.2 Å². The maximum absolute atomic E-state index is 12.2. The van der Waals surface area contributed by atoms with Crippen molar-refractivity contribution in [2.45, 2.75) is 45.6 Å². The standard InChI is InChI=1S/C16H26N2OS/c1-3-13(4-2)16(19)17-12-14(15-8-7-11-20-15)18-9-5-6-10-18/h7-8,11,13-14H,3-6,9-10,12H2,1-2H3,(H,17,19)/t14-/m1/s1. The van der Waals surface area contributed by atoms with Crippen LogP contribution in [0.5, 0.6) is 0 Å². The first-order valence-electron chi connectivity index (χ1n) is 7.81. The van der Waals surface area contributed by atoms with Gasteiger partial charge in [-0.3, -0.25) is 9.69 Å². The first-order chi connectivity index (χ1) is 9.76. The number of nitrogens with one attached hydrogen (secondary N) is 1. The number of hydrogen-bond donors (Lipinski definition) is 1. The number of rotatable bonds is 7. The van der Waals surface area contributed by atoms with Gasteiger partial charge in [-0.2, -0.15) is 0 Å². The Labute approximate surface area is 126 Å². The van der Waals surface area contributed by atoms with Crippen LogP contribution in [0.15, 0.2) is 17.5 Å². The summed E-state index contributed by atoms with van der Waals surface area (Å²) in [6, 6.07) is 4.65. The SMILES string of the molecule is CCC(CC)C(=O)NC[C@H](c1cccs1)N1CCCC1. The molecule has 0 aliphatic carbocycles. The molecule has 0 radical (unpaired) electrons. The van der Waals surface area contributed by atoms with Gasteiger partial charge in [0.2, 0.25) is 5.91 Å². The van der Waals surface area contributed by atoms with E-state index in [9.17, 15) is 4.79 Å². The van der Waals surface area contributed by atoms with Gasteiger partial charge in [0.15, 0.2) is 0 Å². The van der Waals surface area contributed by atoms with E-state index in [2.05, 4.69) is 41.6 Å². The number of nitrogens with zero attached hydrogens (tertiary/aromatic N) is 1. The summed E-state index contributed by atoms with van der Waals surface area (Å²) in [6.07, 6.45) is 4.41. The summed E-state index contributed by atoms with van der Waals surface area (Å²) in [5, 5.41) is 5.30. The van der Waals surface area contributed by atoms with Gasteiger partial charge in [-0.1, -0.05) is 19.9 Å². The lowest BCUT2D eigenvalue weighted by Gasteiger charge is -2.27. The third kappa shape index (κ3) is 3.83. The second-order valence-corrected chi connectivity index (χ2v) is 6.51. The molecule has 1 amide bonds. The van der Waals surface area contributed by atoms with Gasteiger partial charge in [0.25, 0.3) is 0 Å². The molecule has 0 spiro atoms. The second-order valence-electron chi connectivity index (χ2n) is 5.53. The summed E-state index contributed by atoms with van der Waals surface area (Å²) >= 11 is 1.80. The van der Waals surface area contributed by atoms with Crippen LogP contribution in [0.4, 0.5) is 0 Å². The van der Waals surface area contributed by atoms with Gasteiger partial charge < -0.3 is 5.32 Å². The minimum absolute atomic E-state index is 0.164. The molecule has 1 saturated heterocycles. The lowest BCUT2D eigenvalue weighted by molar-refractivity contribution is -0.125. The number of likely N-dealkylation sites (tertiary alicyclic amines) is 1. The fourth-order valence-corrected chi connectivity index (χ4v) is 3.81. The fourth-order valence-electron chi connectivity index (χ4n) is 2.94. The molecule has 1 aromatic heterocycles. The van der Waals surface area contributed by atoms with E-state index in [4.69, 9.17) is 0 Å². The van der Waals surface area contributed by atoms with Crippen LogP contribution in [0, 0.1) is 5.92 Å². The quantitative estimate of drug-likeness (QED) is 0.835. The number of amides is 1. The Hall–Kier alpha value is -0.870. The highest BCUT2D eigenvalue weighted by Gasteiger charge is 2.25. The average Bonchev–Trinajstić information content (AvgIpc) is 3.13. The highest BCUT2D eigenvalue weighted by atomic mass is 32.1. The van der Waals surface area contributed by atoms with E-state index < -0.39 is 0 Å². The molecule has 0 unspecified atom stereocenters. The van der Waals surface area contributed by atoms with Gasteiger partial charge in [-0.25, -0.2) is 0 Å². The molecule has 1 atom stereocenters. The maximum Gasteiger partial charge on any atom is 0.223 e. The predicted octanol–water partition coefficient (Wildman–Crippen LogP) is 3.44. The zero-order chi connectivity index (χ0) is 14.4. The molecule has 3 nitrogen and oxygen atoms in total. The molecule has 0 saturated carbocycles. The molecule has 1 N–H and O–H groups in total. The lowest BCUT2D eigenvalue weighted by atomic mass is 10.0. The van der Waals surface area contributed by atoms with E-state index in [1.54, 1.807) is 11.3 Å². The third-order valence-electron chi connectivity index (χ3n) is 4.28. The van der Waals surface area contributed by atoms with Crippen molar-refractivity contribution in [3.05, 3.63) is 22.4 Å².